The number of allylic oxidation sites excluding steroid dienone is 1. The second-order valence-corrected chi connectivity index (χ2v) is 1.97. The highest BCUT2D eigenvalue weighted by atomic mass is 32.2. The molecular weight excluding hydrogens is 120 g/mol. The molecular formula is C6H8OS. The summed E-state index contributed by atoms with van der Waals surface area (Å²) in [5.74, 6) is 0.889. The van der Waals surface area contributed by atoms with Gasteiger partial charge in [-0.2, -0.15) is 0 Å². The van der Waals surface area contributed by atoms with E-state index < -0.39 is 0 Å². The topological polar surface area (TPSA) is 17.1 Å². The summed E-state index contributed by atoms with van der Waals surface area (Å²) in [6.07, 6.45) is 1.60. The fourth-order valence-electron chi connectivity index (χ4n) is 0.302. The van der Waals surface area contributed by atoms with E-state index in [1.54, 1.807) is 17.8 Å². The zero-order valence-corrected chi connectivity index (χ0v) is 5.41. The van der Waals surface area contributed by atoms with Gasteiger partial charge in [0.05, 0.1) is 5.75 Å². The highest BCUT2D eigenvalue weighted by molar-refractivity contribution is 8.03. The van der Waals surface area contributed by atoms with Crippen LogP contribution in [0.3, 0.4) is 0 Å². The quantitative estimate of drug-likeness (QED) is 0.461. The van der Waals surface area contributed by atoms with Gasteiger partial charge in [0, 0.05) is 0 Å². The van der Waals surface area contributed by atoms with E-state index in [1.807, 2.05) is 5.41 Å². The van der Waals surface area contributed by atoms with Crippen molar-refractivity contribution in [2.45, 2.75) is 0 Å². The van der Waals surface area contributed by atoms with Gasteiger partial charge in [-0.1, -0.05) is 0 Å². The van der Waals surface area contributed by atoms with E-state index in [0.29, 0.717) is 5.75 Å². The Kier molecular flexibility index (Phi) is 4.36. The van der Waals surface area contributed by atoms with Crippen LogP contribution in [-0.2, 0) is 4.79 Å². The fourth-order valence-corrected chi connectivity index (χ4v) is 0.907. The molecule has 0 bridgehead atoms. The lowest BCUT2D eigenvalue weighted by atomic mass is 10.5. The zero-order chi connectivity index (χ0) is 6.41. The van der Waals surface area contributed by atoms with E-state index in [2.05, 4.69) is 13.2 Å². The first-order chi connectivity index (χ1) is 3.89. The van der Waals surface area contributed by atoms with E-state index in [0.717, 1.165) is 0 Å². The third-order valence-electron chi connectivity index (χ3n) is 0.576. The van der Waals surface area contributed by atoms with E-state index in [4.69, 9.17) is 0 Å². The predicted molar refractivity (Wildman–Crippen MR) is 37.9 cm³/mol. The van der Waals surface area contributed by atoms with Crippen LogP contribution in [0.15, 0.2) is 24.6 Å². The SMILES string of the molecule is C=C.O=C1C=CSC1. The summed E-state index contributed by atoms with van der Waals surface area (Å²) in [7, 11) is 0. The minimum Gasteiger partial charge on any atom is -0.294 e. The van der Waals surface area contributed by atoms with E-state index in [9.17, 15) is 4.79 Å². The van der Waals surface area contributed by atoms with Gasteiger partial charge in [-0.25, -0.2) is 0 Å². The Morgan fingerprint density at radius 3 is 2.38 bits per heavy atom. The van der Waals surface area contributed by atoms with Crippen LogP contribution in [0.2, 0.25) is 0 Å². The maximum atomic E-state index is 10.1. The molecule has 1 aliphatic rings. The molecule has 8 heavy (non-hydrogen) atoms. The Morgan fingerprint density at radius 1 is 1.62 bits per heavy atom. The highest BCUT2D eigenvalue weighted by Gasteiger charge is 1.99. The molecule has 0 amide bonds. The molecule has 0 aromatic rings. The number of thioether (sulfide) groups is 1. The molecule has 0 aliphatic carbocycles. The first-order valence-corrected chi connectivity index (χ1v) is 3.25. The molecule has 0 saturated carbocycles. The van der Waals surface area contributed by atoms with E-state index in [1.165, 1.54) is 0 Å². The molecule has 44 valence electrons. The van der Waals surface area contributed by atoms with E-state index >= 15 is 0 Å². The van der Waals surface area contributed by atoms with Crippen molar-refractivity contribution in [3.63, 3.8) is 0 Å². The van der Waals surface area contributed by atoms with Crippen molar-refractivity contribution >= 4 is 17.5 Å². The summed E-state index contributed by atoms with van der Waals surface area (Å²) in [4.78, 5) is 10.1. The molecule has 0 spiro atoms. The molecule has 1 heterocycles. The predicted octanol–water partition coefficient (Wildman–Crippen LogP) is 1.62. The summed E-state index contributed by atoms with van der Waals surface area (Å²) >= 11 is 1.55. The monoisotopic (exact) mass is 128 g/mol. The van der Waals surface area contributed by atoms with E-state index in [-0.39, 0.29) is 5.78 Å². The Bertz CT molecular complexity index is 107. The van der Waals surface area contributed by atoms with Crippen molar-refractivity contribution in [3.05, 3.63) is 24.6 Å². The second-order valence-electron chi connectivity index (χ2n) is 1.08. The molecule has 0 saturated heterocycles. The molecule has 0 unspecified atom stereocenters. The van der Waals surface area contributed by atoms with Crippen molar-refractivity contribution in [2.24, 2.45) is 0 Å². The third-order valence-corrected chi connectivity index (χ3v) is 1.36. The molecule has 0 radical (unpaired) electrons. The lowest BCUT2D eigenvalue weighted by Gasteiger charge is -1.71. The Balaban J connectivity index is 0.000000222. The number of carbonyl (C=O) groups is 1. The molecule has 0 aromatic heterocycles. The molecule has 0 atom stereocenters. The highest BCUT2D eigenvalue weighted by Crippen LogP contribution is 2.08. The maximum Gasteiger partial charge on any atom is 0.166 e. The van der Waals surface area contributed by atoms with Gasteiger partial charge < -0.3 is 0 Å². The van der Waals surface area contributed by atoms with Crippen LogP contribution in [0.1, 0.15) is 0 Å². The average molecular weight is 128 g/mol. The normalized spacial score (nSPS) is 15.2. The van der Waals surface area contributed by atoms with Gasteiger partial charge in [-0.3, -0.25) is 4.79 Å². The summed E-state index contributed by atoms with van der Waals surface area (Å²) in [6.45, 7) is 6.00. The molecule has 0 fully saturated rings. The number of hydrogen-bond donors (Lipinski definition) is 0. The number of hydrogen-bond acceptors (Lipinski definition) is 2. The van der Waals surface area contributed by atoms with Gasteiger partial charge >= 0.3 is 0 Å². The van der Waals surface area contributed by atoms with Gasteiger partial charge in [0.2, 0.25) is 0 Å². The van der Waals surface area contributed by atoms with Crippen molar-refractivity contribution in [1.29, 1.82) is 0 Å². The van der Waals surface area contributed by atoms with Gasteiger partial charge in [-0.05, 0) is 11.5 Å². The summed E-state index contributed by atoms with van der Waals surface area (Å²) in [5.41, 5.74) is 0. The molecule has 1 rings (SSSR count). The summed E-state index contributed by atoms with van der Waals surface area (Å²) in [6, 6.07) is 0. The lowest BCUT2D eigenvalue weighted by molar-refractivity contribution is -0.112. The van der Waals surface area contributed by atoms with Crippen LogP contribution >= 0.6 is 11.8 Å². The summed E-state index contributed by atoms with van der Waals surface area (Å²) < 4.78 is 0. The Labute approximate surface area is 53.5 Å². The smallest absolute Gasteiger partial charge is 0.166 e. The maximum absolute atomic E-state index is 10.1. The number of ketones is 1. The first kappa shape index (κ1) is 7.50. The molecule has 0 N–H and O–H groups in total. The lowest BCUT2D eigenvalue weighted by Crippen LogP contribution is -1.86. The van der Waals surface area contributed by atoms with Crippen LogP contribution in [0.4, 0.5) is 0 Å². The van der Waals surface area contributed by atoms with Gasteiger partial charge in [0.1, 0.15) is 0 Å². The minimum absolute atomic E-state index is 0.236. The first-order valence-electron chi connectivity index (χ1n) is 2.20. The average Bonchev–Trinajstić information content (AvgIpc) is 2.24. The third kappa shape index (κ3) is 2.64. The number of rotatable bonds is 0. The van der Waals surface area contributed by atoms with Crippen molar-refractivity contribution < 1.29 is 4.79 Å². The van der Waals surface area contributed by atoms with Crippen LogP contribution < -0.4 is 0 Å². The Hall–Kier alpha value is -0.500. The standard InChI is InChI=1S/C4H4OS.C2H4/c5-4-1-2-6-3-4;1-2/h1-2H,3H2;1-2H2. The second kappa shape index (κ2) is 4.65. The molecule has 2 heteroatoms. The van der Waals surface area contributed by atoms with Crippen LogP contribution in [-0.4, -0.2) is 11.5 Å². The van der Waals surface area contributed by atoms with Crippen LogP contribution in [0.5, 0.6) is 0 Å². The van der Waals surface area contributed by atoms with Crippen LogP contribution in [0.25, 0.3) is 0 Å². The molecule has 0 aromatic carbocycles. The van der Waals surface area contributed by atoms with Crippen LogP contribution in [0, 0.1) is 0 Å². The van der Waals surface area contributed by atoms with Gasteiger partial charge in [0.15, 0.2) is 5.78 Å². The number of carbonyl (C=O) groups excluding carboxylic acids is 1. The Morgan fingerprint density at radius 2 is 2.25 bits per heavy atom. The minimum atomic E-state index is 0.236. The van der Waals surface area contributed by atoms with Gasteiger partial charge in [-0.15, -0.1) is 24.9 Å². The van der Waals surface area contributed by atoms with Gasteiger partial charge in [0.25, 0.3) is 0 Å². The largest absolute Gasteiger partial charge is 0.294 e. The summed E-state index contributed by atoms with van der Waals surface area (Å²) in [5, 5.41) is 1.82. The van der Waals surface area contributed by atoms with Crippen molar-refractivity contribution in [1.82, 2.24) is 0 Å². The molecule has 1 aliphatic heterocycles. The molecule has 1 nitrogen and oxygen atoms in total. The zero-order valence-electron chi connectivity index (χ0n) is 4.59. The van der Waals surface area contributed by atoms with Crippen molar-refractivity contribution in [2.75, 3.05) is 5.75 Å². The fraction of sp³-hybridized carbons (Fsp3) is 0.167. The van der Waals surface area contributed by atoms with Crippen molar-refractivity contribution in [3.8, 4) is 0 Å².